The molecule has 2 rings (SSSR count). The second-order valence-electron chi connectivity index (χ2n) is 8.69. The molecular weight excluding hydrogens is 240 g/mol. The van der Waals surface area contributed by atoms with E-state index in [4.69, 9.17) is 0 Å². The van der Waals surface area contributed by atoms with E-state index in [1.807, 2.05) is 0 Å². The van der Waals surface area contributed by atoms with E-state index >= 15 is 0 Å². The molecule has 0 aromatic rings. The van der Waals surface area contributed by atoms with Gasteiger partial charge in [-0.15, -0.1) is 0 Å². The van der Waals surface area contributed by atoms with Gasteiger partial charge in [-0.1, -0.05) is 66.7 Å². The van der Waals surface area contributed by atoms with Crippen LogP contribution in [0.25, 0.3) is 0 Å². The molecule has 0 heteroatoms. The van der Waals surface area contributed by atoms with E-state index in [0.717, 1.165) is 29.6 Å². The van der Waals surface area contributed by atoms with Crippen molar-refractivity contribution < 1.29 is 0 Å². The van der Waals surface area contributed by atoms with Crippen LogP contribution in [0.2, 0.25) is 0 Å². The summed E-state index contributed by atoms with van der Waals surface area (Å²) in [5.74, 6) is 4.77. The zero-order valence-electron chi connectivity index (χ0n) is 14.8. The van der Waals surface area contributed by atoms with Gasteiger partial charge in [0.1, 0.15) is 0 Å². The Labute approximate surface area is 128 Å². The van der Waals surface area contributed by atoms with E-state index < -0.39 is 0 Å². The molecule has 20 heavy (non-hydrogen) atoms. The summed E-state index contributed by atoms with van der Waals surface area (Å²) in [6.45, 7) is 12.7. The Hall–Kier alpha value is 0. The highest BCUT2D eigenvalue weighted by Crippen LogP contribution is 2.48. The Morgan fingerprint density at radius 2 is 1.65 bits per heavy atom. The average Bonchev–Trinajstić information content (AvgIpc) is 2.60. The van der Waals surface area contributed by atoms with Crippen LogP contribution in [0.1, 0.15) is 92.4 Å². The van der Waals surface area contributed by atoms with Crippen molar-refractivity contribution in [1.82, 2.24) is 0 Å². The highest BCUT2D eigenvalue weighted by Gasteiger charge is 2.36. The Kier molecular flexibility index (Phi) is 5.60. The summed E-state index contributed by atoms with van der Waals surface area (Å²) in [5.41, 5.74) is 0.634. The van der Waals surface area contributed by atoms with Crippen LogP contribution in [0.3, 0.4) is 0 Å². The SMILES string of the molecule is CCC1C(C)CCC2CCCC(C)(CC2)C(C)CC1C. The molecule has 0 nitrogen and oxygen atoms in total. The van der Waals surface area contributed by atoms with Gasteiger partial charge in [0, 0.05) is 0 Å². The van der Waals surface area contributed by atoms with E-state index in [1.54, 1.807) is 0 Å². The molecule has 0 aromatic heterocycles. The molecule has 6 atom stereocenters. The van der Waals surface area contributed by atoms with Gasteiger partial charge in [-0.3, -0.25) is 0 Å². The van der Waals surface area contributed by atoms with Crippen LogP contribution in [-0.4, -0.2) is 0 Å². The van der Waals surface area contributed by atoms with Crippen LogP contribution in [0.4, 0.5) is 0 Å². The molecule has 0 N–H and O–H groups in total. The lowest BCUT2D eigenvalue weighted by molar-refractivity contribution is 0.117. The molecule has 118 valence electrons. The number of fused-ring (bicyclic) bond motifs is 3. The largest absolute Gasteiger partial charge is 0.0651 e. The second-order valence-corrected chi connectivity index (χ2v) is 8.69. The molecular formula is C20H38. The van der Waals surface area contributed by atoms with Crippen LogP contribution in [0.5, 0.6) is 0 Å². The molecule has 0 saturated heterocycles. The summed E-state index contributed by atoms with van der Waals surface area (Å²) < 4.78 is 0. The lowest BCUT2D eigenvalue weighted by Crippen LogP contribution is -2.29. The topological polar surface area (TPSA) is 0 Å². The van der Waals surface area contributed by atoms with Crippen LogP contribution >= 0.6 is 0 Å². The number of rotatable bonds is 1. The minimum Gasteiger partial charge on any atom is -0.0651 e. The smallest absolute Gasteiger partial charge is 0.0300 e. The first-order valence-corrected chi connectivity index (χ1v) is 9.46. The third-order valence-corrected chi connectivity index (χ3v) is 7.36. The maximum atomic E-state index is 2.61. The van der Waals surface area contributed by atoms with Gasteiger partial charge in [0.25, 0.3) is 0 Å². The fraction of sp³-hybridized carbons (Fsp3) is 1.00. The van der Waals surface area contributed by atoms with Crippen molar-refractivity contribution in [3.05, 3.63) is 0 Å². The van der Waals surface area contributed by atoms with Gasteiger partial charge < -0.3 is 0 Å². The fourth-order valence-electron chi connectivity index (χ4n) is 5.47. The third kappa shape index (κ3) is 3.60. The Morgan fingerprint density at radius 1 is 0.900 bits per heavy atom. The number of hydrogen-bond donors (Lipinski definition) is 0. The molecule has 2 saturated carbocycles. The summed E-state index contributed by atoms with van der Waals surface area (Å²) >= 11 is 0. The third-order valence-electron chi connectivity index (χ3n) is 7.36. The van der Waals surface area contributed by atoms with Crippen molar-refractivity contribution in [3.8, 4) is 0 Å². The van der Waals surface area contributed by atoms with Crippen molar-refractivity contribution in [1.29, 1.82) is 0 Å². The molecule has 0 aromatic carbocycles. The molecule has 2 fully saturated rings. The average molecular weight is 279 g/mol. The van der Waals surface area contributed by atoms with Crippen molar-refractivity contribution in [2.24, 2.45) is 35.0 Å². The molecule has 0 aliphatic heterocycles. The first-order chi connectivity index (χ1) is 9.46. The molecule has 2 bridgehead atoms. The lowest BCUT2D eigenvalue weighted by Gasteiger charge is -2.38. The van der Waals surface area contributed by atoms with Crippen LogP contribution in [0, 0.1) is 35.0 Å². The van der Waals surface area contributed by atoms with E-state index in [-0.39, 0.29) is 0 Å². The van der Waals surface area contributed by atoms with Crippen LogP contribution in [0.15, 0.2) is 0 Å². The zero-order valence-corrected chi connectivity index (χ0v) is 14.8. The minimum atomic E-state index is 0.634. The monoisotopic (exact) mass is 278 g/mol. The molecule has 2 aliphatic rings. The number of hydrogen-bond acceptors (Lipinski definition) is 0. The van der Waals surface area contributed by atoms with Crippen molar-refractivity contribution in [2.75, 3.05) is 0 Å². The summed E-state index contributed by atoms with van der Waals surface area (Å²) in [5, 5.41) is 0. The van der Waals surface area contributed by atoms with Crippen LogP contribution < -0.4 is 0 Å². The first-order valence-electron chi connectivity index (χ1n) is 9.46. The van der Waals surface area contributed by atoms with Gasteiger partial charge in [-0.05, 0) is 60.7 Å². The van der Waals surface area contributed by atoms with Gasteiger partial charge in [-0.2, -0.15) is 0 Å². The van der Waals surface area contributed by atoms with Gasteiger partial charge >= 0.3 is 0 Å². The second kappa shape index (κ2) is 6.84. The molecule has 2 aliphatic carbocycles. The van der Waals surface area contributed by atoms with Gasteiger partial charge in [0.15, 0.2) is 0 Å². The summed E-state index contributed by atoms with van der Waals surface area (Å²) in [6.07, 6.45) is 13.3. The maximum absolute atomic E-state index is 2.61. The first kappa shape index (κ1) is 16.4. The predicted octanol–water partition coefficient (Wildman–Crippen LogP) is 6.69. The predicted molar refractivity (Wildman–Crippen MR) is 89.8 cm³/mol. The van der Waals surface area contributed by atoms with E-state index in [9.17, 15) is 0 Å². The highest BCUT2D eigenvalue weighted by atomic mass is 14.4. The normalized spacial score (nSPS) is 47.5. The molecule has 0 spiro atoms. The minimum absolute atomic E-state index is 0.634. The van der Waals surface area contributed by atoms with Gasteiger partial charge in [0.05, 0.1) is 0 Å². The zero-order chi connectivity index (χ0) is 14.8. The summed E-state index contributed by atoms with van der Waals surface area (Å²) in [6, 6.07) is 0. The van der Waals surface area contributed by atoms with E-state index in [2.05, 4.69) is 34.6 Å². The molecule has 0 radical (unpaired) electrons. The Morgan fingerprint density at radius 3 is 2.35 bits per heavy atom. The standard InChI is InChI=1S/C20H38/c1-6-19-15(2)9-10-18-8-7-12-20(5,13-11-18)17(4)14-16(19)3/h15-19H,6-14H2,1-5H3. The molecule has 0 amide bonds. The molecule has 6 unspecified atom stereocenters. The lowest BCUT2D eigenvalue weighted by atomic mass is 9.67. The van der Waals surface area contributed by atoms with E-state index in [1.165, 1.54) is 57.8 Å². The highest BCUT2D eigenvalue weighted by molar-refractivity contribution is 4.87. The van der Waals surface area contributed by atoms with Crippen molar-refractivity contribution >= 4 is 0 Å². The van der Waals surface area contributed by atoms with Crippen molar-refractivity contribution in [3.63, 3.8) is 0 Å². The van der Waals surface area contributed by atoms with Crippen molar-refractivity contribution in [2.45, 2.75) is 92.4 Å². The summed E-state index contributed by atoms with van der Waals surface area (Å²) in [4.78, 5) is 0. The van der Waals surface area contributed by atoms with Crippen LogP contribution in [-0.2, 0) is 0 Å². The Bertz CT molecular complexity index is 294. The quantitative estimate of drug-likeness (QED) is 0.501. The Balaban J connectivity index is 2.19. The van der Waals surface area contributed by atoms with Gasteiger partial charge in [-0.25, -0.2) is 0 Å². The fourth-order valence-corrected chi connectivity index (χ4v) is 5.47. The molecule has 0 heterocycles. The van der Waals surface area contributed by atoms with E-state index in [0.29, 0.717) is 5.41 Å². The summed E-state index contributed by atoms with van der Waals surface area (Å²) in [7, 11) is 0. The maximum Gasteiger partial charge on any atom is -0.0300 e. The van der Waals surface area contributed by atoms with Gasteiger partial charge in [0.2, 0.25) is 0 Å².